The Morgan fingerprint density at radius 1 is 1.42 bits per heavy atom. The van der Waals surface area contributed by atoms with Crippen LogP contribution in [0.25, 0.3) is 0 Å². The molecule has 1 unspecified atom stereocenters. The summed E-state index contributed by atoms with van der Waals surface area (Å²) in [6.07, 6.45) is 1.11. The van der Waals surface area contributed by atoms with E-state index in [4.69, 9.17) is 9.47 Å². The highest BCUT2D eigenvalue weighted by atomic mass is 16.5. The summed E-state index contributed by atoms with van der Waals surface area (Å²) < 4.78 is 10.1. The van der Waals surface area contributed by atoms with Gasteiger partial charge in [-0.1, -0.05) is 12.1 Å². The van der Waals surface area contributed by atoms with Gasteiger partial charge in [0.15, 0.2) is 5.75 Å². The van der Waals surface area contributed by atoms with Gasteiger partial charge in [-0.15, -0.1) is 0 Å². The first kappa shape index (κ1) is 15.8. The zero-order valence-electron chi connectivity index (χ0n) is 12.9. The van der Waals surface area contributed by atoms with E-state index in [9.17, 15) is 19.5 Å². The molecule has 7 heteroatoms. The van der Waals surface area contributed by atoms with E-state index in [-0.39, 0.29) is 35.7 Å². The van der Waals surface area contributed by atoms with Gasteiger partial charge in [0.1, 0.15) is 11.3 Å². The van der Waals surface area contributed by atoms with E-state index in [0.717, 1.165) is 0 Å². The SMILES string of the molecule is CCOC(=O)c1c[nH]c(=O)c2c1OC(=O)CC2c1cccc(O)c1. The van der Waals surface area contributed by atoms with E-state index < -0.39 is 23.4 Å². The Morgan fingerprint density at radius 2 is 2.21 bits per heavy atom. The Morgan fingerprint density at radius 3 is 2.92 bits per heavy atom. The van der Waals surface area contributed by atoms with Crippen LogP contribution in [0.1, 0.15) is 40.7 Å². The Hall–Kier alpha value is -3.09. The topological polar surface area (TPSA) is 106 Å². The minimum atomic E-state index is -0.686. The van der Waals surface area contributed by atoms with Crippen molar-refractivity contribution in [3.63, 3.8) is 0 Å². The normalized spacial score (nSPS) is 16.2. The molecule has 0 amide bonds. The molecule has 0 saturated carbocycles. The maximum absolute atomic E-state index is 12.3. The van der Waals surface area contributed by atoms with Gasteiger partial charge in [0.2, 0.25) is 0 Å². The van der Waals surface area contributed by atoms with Crippen molar-refractivity contribution in [1.29, 1.82) is 0 Å². The van der Waals surface area contributed by atoms with Crippen LogP contribution in [0.3, 0.4) is 0 Å². The van der Waals surface area contributed by atoms with Crippen molar-refractivity contribution in [2.45, 2.75) is 19.3 Å². The Balaban J connectivity index is 2.19. The van der Waals surface area contributed by atoms with Crippen LogP contribution in [0.5, 0.6) is 11.5 Å². The molecule has 1 aromatic heterocycles. The molecule has 124 valence electrons. The summed E-state index contributed by atoms with van der Waals surface area (Å²) >= 11 is 0. The van der Waals surface area contributed by atoms with Crippen LogP contribution in [0.15, 0.2) is 35.3 Å². The van der Waals surface area contributed by atoms with Crippen molar-refractivity contribution < 1.29 is 24.2 Å². The summed E-state index contributed by atoms with van der Waals surface area (Å²) in [6.45, 7) is 1.80. The number of aromatic nitrogens is 1. The number of pyridine rings is 1. The lowest BCUT2D eigenvalue weighted by Crippen LogP contribution is -2.30. The van der Waals surface area contributed by atoms with Crippen LogP contribution in [0, 0.1) is 0 Å². The monoisotopic (exact) mass is 329 g/mol. The van der Waals surface area contributed by atoms with Crippen LogP contribution in [-0.2, 0) is 9.53 Å². The quantitative estimate of drug-likeness (QED) is 0.830. The van der Waals surface area contributed by atoms with Gasteiger partial charge in [0.05, 0.1) is 18.6 Å². The lowest BCUT2D eigenvalue weighted by atomic mass is 9.86. The number of benzene rings is 1. The number of carbonyl (C=O) groups is 2. The zero-order valence-corrected chi connectivity index (χ0v) is 12.9. The number of phenolic OH excluding ortho intramolecular Hbond substituents is 1. The number of carbonyl (C=O) groups excluding carboxylic acids is 2. The van der Waals surface area contributed by atoms with E-state index in [1.165, 1.54) is 18.3 Å². The Bertz CT molecular complexity index is 870. The molecule has 2 N–H and O–H groups in total. The molecule has 1 aromatic carbocycles. The van der Waals surface area contributed by atoms with Gasteiger partial charge < -0.3 is 19.6 Å². The molecule has 2 aromatic rings. The third-order valence-electron chi connectivity index (χ3n) is 3.78. The molecule has 2 heterocycles. The Labute approximate surface area is 136 Å². The number of aromatic hydroxyl groups is 1. The number of H-pyrrole nitrogens is 1. The first-order valence-corrected chi connectivity index (χ1v) is 7.43. The van der Waals surface area contributed by atoms with Crippen LogP contribution >= 0.6 is 0 Å². The van der Waals surface area contributed by atoms with Gasteiger partial charge in [-0.25, -0.2) is 4.79 Å². The van der Waals surface area contributed by atoms with Crippen molar-refractivity contribution in [1.82, 2.24) is 4.98 Å². The standard InChI is InChI=1S/C17H15NO6/c1-2-23-17(22)12-8-18-16(21)14-11(7-13(20)24-15(12)14)9-4-3-5-10(19)6-9/h3-6,8,11,19H,2,7H2,1H3,(H,18,21). The van der Waals surface area contributed by atoms with E-state index in [1.54, 1.807) is 19.1 Å². The smallest absolute Gasteiger partial charge is 0.343 e. The number of aromatic amines is 1. The minimum absolute atomic E-state index is 0.00958. The third kappa shape index (κ3) is 2.76. The molecule has 7 nitrogen and oxygen atoms in total. The third-order valence-corrected chi connectivity index (χ3v) is 3.78. The van der Waals surface area contributed by atoms with Crippen molar-refractivity contribution in [3.8, 4) is 11.5 Å². The fourth-order valence-corrected chi connectivity index (χ4v) is 2.77. The molecule has 1 aliphatic rings. The van der Waals surface area contributed by atoms with Crippen molar-refractivity contribution in [2.75, 3.05) is 6.61 Å². The molecule has 0 radical (unpaired) electrons. The number of phenols is 1. The predicted octanol–water partition coefficient (Wildman–Crippen LogP) is 1.70. The first-order chi connectivity index (χ1) is 11.5. The molecule has 0 saturated heterocycles. The molecule has 0 spiro atoms. The second-order valence-corrected chi connectivity index (χ2v) is 5.32. The molecule has 24 heavy (non-hydrogen) atoms. The number of rotatable bonds is 3. The average molecular weight is 329 g/mol. The predicted molar refractivity (Wildman–Crippen MR) is 83.2 cm³/mol. The maximum Gasteiger partial charge on any atom is 0.343 e. The first-order valence-electron chi connectivity index (χ1n) is 7.43. The van der Waals surface area contributed by atoms with E-state index in [0.29, 0.717) is 5.56 Å². The van der Waals surface area contributed by atoms with Crippen LogP contribution in [-0.4, -0.2) is 28.6 Å². The summed E-state index contributed by atoms with van der Waals surface area (Å²) in [5, 5.41) is 9.66. The van der Waals surface area contributed by atoms with Gasteiger partial charge in [0, 0.05) is 12.1 Å². The number of hydrogen-bond donors (Lipinski definition) is 2. The van der Waals surface area contributed by atoms with Crippen LogP contribution < -0.4 is 10.3 Å². The molecular weight excluding hydrogens is 314 g/mol. The van der Waals surface area contributed by atoms with Gasteiger partial charge >= 0.3 is 11.9 Å². The molecule has 3 rings (SSSR count). The van der Waals surface area contributed by atoms with Crippen molar-refractivity contribution in [3.05, 3.63) is 57.5 Å². The van der Waals surface area contributed by atoms with E-state index in [1.807, 2.05) is 0 Å². The average Bonchev–Trinajstić information content (AvgIpc) is 2.54. The molecule has 1 aliphatic heterocycles. The van der Waals surface area contributed by atoms with Gasteiger partial charge in [0.25, 0.3) is 5.56 Å². The second-order valence-electron chi connectivity index (χ2n) is 5.32. The van der Waals surface area contributed by atoms with Crippen LogP contribution in [0.2, 0.25) is 0 Å². The summed E-state index contributed by atoms with van der Waals surface area (Å²) in [7, 11) is 0. The number of ether oxygens (including phenoxy) is 2. The van der Waals surface area contributed by atoms with Crippen molar-refractivity contribution in [2.24, 2.45) is 0 Å². The summed E-state index contributed by atoms with van der Waals surface area (Å²) in [6, 6.07) is 6.28. The minimum Gasteiger partial charge on any atom is -0.508 e. The number of fused-ring (bicyclic) bond motifs is 1. The molecule has 0 aliphatic carbocycles. The highest BCUT2D eigenvalue weighted by molar-refractivity contribution is 5.94. The zero-order chi connectivity index (χ0) is 17.3. The molecule has 1 atom stereocenters. The second kappa shape index (κ2) is 6.19. The number of nitrogens with one attached hydrogen (secondary N) is 1. The summed E-state index contributed by atoms with van der Waals surface area (Å²) in [5.74, 6) is -1.93. The molecular formula is C17H15NO6. The molecule has 0 bridgehead atoms. The van der Waals surface area contributed by atoms with Gasteiger partial charge in [-0.2, -0.15) is 0 Å². The van der Waals surface area contributed by atoms with Gasteiger partial charge in [-0.05, 0) is 24.6 Å². The summed E-state index contributed by atoms with van der Waals surface area (Å²) in [5.41, 5.74) is 0.286. The maximum atomic E-state index is 12.3. The number of esters is 2. The lowest BCUT2D eigenvalue weighted by Gasteiger charge is -2.25. The highest BCUT2D eigenvalue weighted by Gasteiger charge is 2.34. The van der Waals surface area contributed by atoms with Crippen LogP contribution in [0.4, 0.5) is 0 Å². The summed E-state index contributed by atoms with van der Waals surface area (Å²) in [4.78, 5) is 38.8. The highest BCUT2D eigenvalue weighted by Crippen LogP contribution is 2.39. The Kier molecular flexibility index (Phi) is 4.07. The van der Waals surface area contributed by atoms with Gasteiger partial charge in [-0.3, -0.25) is 9.59 Å². The number of hydrogen-bond acceptors (Lipinski definition) is 6. The van der Waals surface area contributed by atoms with Crippen molar-refractivity contribution >= 4 is 11.9 Å². The van der Waals surface area contributed by atoms with E-state index in [2.05, 4.69) is 4.98 Å². The largest absolute Gasteiger partial charge is 0.508 e. The lowest BCUT2D eigenvalue weighted by molar-refractivity contribution is -0.135. The fraction of sp³-hybridized carbons (Fsp3) is 0.235. The fourth-order valence-electron chi connectivity index (χ4n) is 2.77. The van der Waals surface area contributed by atoms with E-state index >= 15 is 0 Å². The molecule has 0 fully saturated rings.